The number of hydrogen-bond donors (Lipinski definition) is 1. The molecule has 1 atom stereocenters. The minimum absolute atomic E-state index is 0.0336. The highest BCUT2D eigenvalue weighted by molar-refractivity contribution is 5.40. The highest BCUT2D eigenvalue weighted by atomic mass is 19.3. The van der Waals surface area contributed by atoms with E-state index in [1.165, 1.54) is 0 Å². The van der Waals surface area contributed by atoms with Gasteiger partial charge in [0.05, 0.1) is 0 Å². The van der Waals surface area contributed by atoms with Crippen molar-refractivity contribution in [1.82, 2.24) is 0 Å². The van der Waals surface area contributed by atoms with Gasteiger partial charge in [-0.05, 0) is 30.9 Å². The molecule has 1 aromatic rings. The molecule has 0 radical (unpaired) electrons. The molecule has 1 unspecified atom stereocenters. The zero-order valence-corrected chi connectivity index (χ0v) is 9.42. The van der Waals surface area contributed by atoms with Crippen LogP contribution in [0, 0.1) is 0 Å². The van der Waals surface area contributed by atoms with Crippen molar-refractivity contribution in [2.24, 2.45) is 5.73 Å². The first-order valence-electron chi connectivity index (χ1n) is 5.68. The number of hydrogen-bond acceptors (Lipinski definition) is 1. The molecule has 1 fully saturated rings. The van der Waals surface area contributed by atoms with Gasteiger partial charge in [-0.3, -0.25) is 0 Å². The molecule has 0 aliphatic heterocycles. The number of benzene rings is 1. The Kier molecular flexibility index (Phi) is 2.98. The van der Waals surface area contributed by atoms with Crippen LogP contribution in [-0.2, 0) is 11.8 Å². The summed E-state index contributed by atoms with van der Waals surface area (Å²) in [5, 5.41) is 0. The summed E-state index contributed by atoms with van der Waals surface area (Å²) in [6.45, 7) is 1.96. The smallest absolute Gasteiger partial charge is 0.242 e. The van der Waals surface area contributed by atoms with Gasteiger partial charge in [-0.25, -0.2) is 8.78 Å². The molecule has 88 valence electrons. The summed E-state index contributed by atoms with van der Waals surface area (Å²) in [5.41, 5.74) is 7.73. The first-order valence-corrected chi connectivity index (χ1v) is 5.68. The van der Waals surface area contributed by atoms with Crippen molar-refractivity contribution in [3.05, 3.63) is 35.4 Å². The third-order valence-corrected chi connectivity index (χ3v) is 3.59. The molecule has 1 nitrogen and oxygen atoms in total. The van der Waals surface area contributed by atoms with E-state index in [-0.39, 0.29) is 17.9 Å². The molecule has 1 aliphatic carbocycles. The Hall–Kier alpha value is -0.960. The molecule has 2 rings (SSSR count). The fourth-order valence-corrected chi connectivity index (χ4v) is 2.45. The monoisotopic (exact) mass is 225 g/mol. The molecule has 0 heterocycles. The van der Waals surface area contributed by atoms with E-state index in [2.05, 4.69) is 0 Å². The lowest BCUT2D eigenvalue weighted by atomic mass is 9.85. The Morgan fingerprint density at radius 2 is 1.94 bits per heavy atom. The van der Waals surface area contributed by atoms with Crippen LogP contribution in [0.2, 0.25) is 0 Å². The average molecular weight is 225 g/mol. The maximum Gasteiger partial charge on any atom is 0.242 e. The highest BCUT2D eigenvalue weighted by Crippen LogP contribution is 2.51. The van der Waals surface area contributed by atoms with E-state index in [9.17, 15) is 8.78 Å². The Morgan fingerprint density at radius 1 is 1.31 bits per heavy atom. The van der Waals surface area contributed by atoms with E-state index in [1.54, 1.807) is 6.07 Å². The van der Waals surface area contributed by atoms with Crippen molar-refractivity contribution in [3.8, 4) is 0 Å². The van der Waals surface area contributed by atoms with E-state index >= 15 is 0 Å². The minimum atomic E-state index is -2.29. The van der Waals surface area contributed by atoms with E-state index in [4.69, 9.17) is 5.73 Å². The van der Waals surface area contributed by atoms with Crippen LogP contribution in [0.1, 0.15) is 30.9 Å². The first-order chi connectivity index (χ1) is 7.56. The quantitative estimate of drug-likeness (QED) is 0.837. The van der Waals surface area contributed by atoms with Crippen LogP contribution in [0.4, 0.5) is 8.78 Å². The number of halogens is 2. The topological polar surface area (TPSA) is 26.0 Å². The normalized spacial score (nSPS) is 19.8. The van der Waals surface area contributed by atoms with Gasteiger partial charge in [0.1, 0.15) is 0 Å². The third kappa shape index (κ3) is 1.96. The summed E-state index contributed by atoms with van der Waals surface area (Å²) >= 11 is 0. The number of nitrogens with two attached hydrogens (primary N) is 1. The van der Waals surface area contributed by atoms with Crippen LogP contribution in [0.5, 0.6) is 0 Å². The molecule has 3 heteroatoms. The maximum atomic E-state index is 12.5. The summed E-state index contributed by atoms with van der Waals surface area (Å²) in [4.78, 5) is 0. The van der Waals surface area contributed by atoms with Gasteiger partial charge in [0.15, 0.2) is 0 Å². The molecular formula is C13H17F2N. The molecule has 0 spiro atoms. The Bertz CT molecular complexity index is 370. The molecule has 1 aliphatic rings. The molecule has 0 saturated heterocycles. The second-order valence-corrected chi connectivity index (χ2v) is 4.70. The molecular weight excluding hydrogens is 208 g/mol. The van der Waals surface area contributed by atoms with E-state index in [1.807, 2.05) is 25.1 Å². The SMILES string of the molecule is CC(N)C1(c2ccccc2CC(F)F)CC1. The molecule has 0 bridgehead atoms. The zero-order valence-electron chi connectivity index (χ0n) is 9.42. The van der Waals surface area contributed by atoms with Crippen LogP contribution < -0.4 is 5.73 Å². The van der Waals surface area contributed by atoms with Crippen LogP contribution in [-0.4, -0.2) is 12.5 Å². The largest absolute Gasteiger partial charge is 0.327 e. The number of alkyl halides is 2. The maximum absolute atomic E-state index is 12.5. The fraction of sp³-hybridized carbons (Fsp3) is 0.538. The molecule has 1 aromatic carbocycles. The third-order valence-electron chi connectivity index (χ3n) is 3.59. The van der Waals surface area contributed by atoms with E-state index < -0.39 is 6.43 Å². The van der Waals surface area contributed by atoms with Crippen molar-refractivity contribution < 1.29 is 8.78 Å². The standard InChI is InChI=1S/C13H17F2N/c1-9(16)13(6-7-13)11-5-3-2-4-10(11)8-12(14)15/h2-5,9,12H,6-8,16H2,1H3. The number of rotatable bonds is 4. The van der Waals surface area contributed by atoms with Crippen LogP contribution in [0.25, 0.3) is 0 Å². The second kappa shape index (κ2) is 4.13. The van der Waals surface area contributed by atoms with Crippen molar-refractivity contribution in [1.29, 1.82) is 0 Å². The molecule has 16 heavy (non-hydrogen) atoms. The zero-order chi connectivity index (χ0) is 11.8. The van der Waals surface area contributed by atoms with Gasteiger partial charge < -0.3 is 5.73 Å². The summed E-state index contributed by atoms with van der Waals surface area (Å²) in [6, 6.07) is 7.51. The van der Waals surface area contributed by atoms with Gasteiger partial charge in [0, 0.05) is 17.9 Å². The lowest BCUT2D eigenvalue weighted by molar-refractivity contribution is 0.148. The molecule has 1 saturated carbocycles. The van der Waals surface area contributed by atoms with Crippen LogP contribution >= 0.6 is 0 Å². The lowest BCUT2D eigenvalue weighted by Crippen LogP contribution is -2.32. The lowest BCUT2D eigenvalue weighted by Gasteiger charge is -2.23. The first kappa shape index (κ1) is 11.5. The van der Waals surface area contributed by atoms with Gasteiger partial charge in [0.2, 0.25) is 6.43 Å². The Labute approximate surface area is 94.7 Å². The van der Waals surface area contributed by atoms with E-state index in [0.29, 0.717) is 0 Å². The fourth-order valence-electron chi connectivity index (χ4n) is 2.45. The highest BCUT2D eigenvalue weighted by Gasteiger charge is 2.48. The van der Waals surface area contributed by atoms with Crippen molar-refractivity contribution in [2.45, 2.75) is 44.1 Å². The van der Waals surface area contributed by atoms with Gasteiger partial charge in [-0.15, -0.1) is 0 Å². The van der Waals surface area contributed by atoms with Crippen molar-refractivity contribution >= 4 is 0 Å². The van der Waals surface area contributed by atoms with Gasteiger partial charge >= 0.3 is 0 Å². The van der Waals surface area contributed by atoms with Gasteiger partial charge in [-0.2, -0.15) is 0 Å². The second-order valence-electron chi connectivity index (χ2n) is 4.70. The minimum Gasteiger partial charge on any atom is -0.327 e. The summed E-state index contributed by atoms with van der Waals surface area (Å²) in [5.74, 6) is 0. The van der Waals surface area contributed by atoms with Gasteiger partial charge in [0.25, 0.3) is 0 Å². The van der Waals surface area contributed by atoms with Crippen molar-refractivity contribution in [3.63, 3.8) is 0 Å². The van der Waals surface area contributed by atoms with E-state index in [0.717, 1.165) is 24.0 Å². The van der Waals surface area contributed by atoms with Gasteiger partial charge in [-0.1, -0.05) is 24.3 Å². The summed E-state index contributed by atoms with van der Waals surface area (Å²) < 4.78 is 25.0. The van der Waals surface area contributed by atoms with Crippen molar-refractivity contribution in [2.75, 3.05) is 0 Å². The predicted octanol–water partition coefficient (Wildman–Crippen LogP) is 2.87. The summed E-state index contributed by atoms with van der Waals surface area (Å²) in [7, 11) is 0. The van der Waals surface area contributed by atoms with Crippen LogP contribution in [0.3, 0.4) is 0 Å². The average Bonchev–Trinajstić information content (AvgIpc) is 2.98. The predicted molar refractivity (Wildman–Crippen MR) is 60.7 cm³/mol. The Balaban J connectivity index is 2.33. The molecule has 0 amide bonds. The van der Waals surface area contributed by atoms with Crippen LogP contribution in [0.15, 0.2) is 24.3 Å². The Morgan fingerprint density at radius 3 is 2.44 bits per heavy atom. The molecule has 0 aromatic heterocycles. The summed E-state index contributed by atoms with van der Waals surface area (Å²) in [6.07, 6.45) is -0.412. The molecule has 2 N–H and O–H groups in total.